The summed E-state index contributed by atoms with van der Waals surface area (Å²) in [5, 5.41) is 0. The van der Waals surface area contributed by atoms with E-state index in [-0.39, 0.29) is 0 Å². The van der Waals surface area contributed by atoms with Crippen LogP contribution < -0.4 is 0 Å². The van der Waals surface area contributed by atoms with Crippen LogP contribution in [0.1, 0.15) is 44.1 Å². The van der Waals surface area contributed by atoms with Gasteiger partial charge in [0.25, 0.3) is 0 Å². The number of nitrogens with zero attached hydrogens (tertiary/aromatic N) is 1. The van der Waals surface area contributed by atoms with E-state index in [1.54, 1.807) is 12.4 Å². The lowest BCUT2D eigenvalue weighted by Gasteiger charge is -2.21. The summed E-state index contributed by atoms with van der Waals surface area (Å²) in [6.07, 6.45) is 10.6. The van der Waals surface area contributed by atoms with Gasteiger partial charge in [-0.1, -0.05) is 18.9 Å². The van der Waals surface area contributed by atoms with E-state index >= 15 is 0 Å². The van der Waals surface area contributed by atoms with Gasteiger partial charge in [-0.05, 0) is 36.8 Å². The highest BCUT2D eigenvalue weighted by atomic mass is 16.5. The first kappa shape index (κ1) is 14.2. The van der Waals surface area contributed by atoms with E-state index in [1.165, 1.54) is 25.7 Å². The maximum absolute atomic E-state index is 11.8. The van der Waals surface area contributed by atoms with E-state index in [0.29, 0.717) is 18.6 Å². The molecule has 0 aromatic carbocycles. The van der Waals surface area contributed by atoms with Gasteiger partial charge in [-0.25, -0.2) is 0 Å². The van der Waals surface area contributed by atoms with Crippen molar-refractivity contribution in [3.05, 3.63) is 30.1 Å². The Morgan fingerprint density at radius 1 is 1.32 bits per heavy atom. The number of Topliss-reactive ketones (excluding diaryl/α,β-unsaturated/α-hetero) is 1. The second-order valence-corrected chi connectivity index (χ2v) is 5.38. The molecule has 3 nitrogen and oxygen atoms in total. The summed E-state index contributed by atoms with van der Waals surface area (Å²) in [6.45, 7) is 1.84. The number of ether oxygens (including phenoxy) is 1. The number of carbonyl (C=O) groups excluding carboxylic acids is 1. The largest absolute Gasteiger partial charge is 0.381 e. The van der Waals surface area contributed by atoms with Gasteiger partial charge in [0.15, 0.2) is 0 Å². The zero-order valence-electron chi connectivity index (χ0n) is 11.5. The number of carbonyl (C=O) groups is 1. The van der Waals surface area contributed by atoms with Gasteiger partial charge >= 0.3 is 0 Å². The molecule has 1 aliphatic rings. The van der Waals surface area contributed by atoms with Gasteiger partial charge in [0, 0.05) is 38.4 Å². The molecule has 0 atom stereocenters. The molecule has 1 aromatic heterocycles. The minimum atomic E-state index is 0.333. The number of ketones is 1. The van der Waals surface area contributed by atoms with Crippen LogP contribution in [0.3, 0.4) is 0 Å². The van der Waals surface area contributed by atoms with Crippen LogP contribution in [-0.2, 0) is 16.0 Å². The Bertz CT molecular complexity index is 372. The topological polar surface area (TPSA) is 39.2 Å². The molecule has 0 radical (unpaired) electrons. The Balaban J connectivity index is 1.56. The van der Waals surface area contributed by atoms with Gasteiger partial charge < -0.3 is 4.74 Å². The van der Waals surface area contributed by atoms with Crippen molar-refractivity contribution in [2.24, 2.45) is 5.92 Å². The maximum Gasteiger partial charge on any atom is 0.137 e. The first-order valence-corrected chi connectivity index (χ1v) is 7.33. The van der Waals surface area contributed by atoms with Crippen molar-refractivity contribution in [1.82, 2.24) is 4.98 Å². The lowest BCUT2D eigenvalue weighted by molar-refractivity contribution is -0.118. The average molecular weight is 261 g/mol. The van der Waals surface area contributed by atoms with E-state index in [1.807, 2.05) is 12.1 Å². The molecule has 0 amide bonds. The number of rotatable bonds is 7. The fraction of sp³-hybridized carbons (Fsp3) is 0.625. The van der Waals surface area contributed by atoms with E-state index in [0.717, 1.165) is 31.1 Å². The number of unbranched alkanes of at least 4 members (excludes halogenated alkanes) is 1. The van der Waals surface area contributed by atoms with E-state index < -0.39 is 0 Å². The van der Waals surface area contributed by atoms with Gasteiger partial charge in [-0.3, -0.25) is 9.78 Å². The van der Waals surface area contributed by atoms with Crippen LogP contribution in [-0.4, -0.2) is 24.0 Å². The van der Waals surface area contributed by atoms with Gasteiger partial charge in [0.1, 0.15) is 5.78 Å². The van der Waals surface area contributed by atoms with Crippen LogP contribution in [0.5, 0.6) is 0 Å². The van der Waals surface area contributed by atoms with Crippen molar-refractivity contribution in [2.45, 2.75) is 44.9 Å². The maximum atomic E-state index is 11.8. The third kappa shape index (κ3) is 5.52. The molecule has 0 saturated carbocycles. The lowest BCUT2D eigenvalue weighted by atomic mass is 9.93. The molecule has 0 aliphatic carbocycles. The van der Waals surface area contributed by atoms with E-state index in [9.17, 15) is 4.79 Å². The minimum absolute atomic E-state index is 0.333. The predicted molar refractivity (Wildman–Crippen MR) is 75.0 cm³/mol. The Kier molecular flexibility index (Phi) is 6.02. The quantitative estimate of drug-likeness (QED) is 0.708. The van der Waals surface area contributed by atoms with Crippen molar-refractivity contribution >= 4 is 5.78 Å². The highest BCUT2D eigenvalue weighted by Gasteiger charge is 2.13. The van der Waals surface area contributed by atoms with Crippen molar-refractivity contribution in [3.8, 4) is 0 Å². The monoisotopic (exact) mass is 261 g/mol. The second-order valence-electron chi connectivity index (χ2n) is 5.38. The zero-order valence-corrected chi connectivity index (χ0v) is 11.5. The van der Waals surface area contributed by atoms with Gasteiger partial charge in [0.2, 0.25) is 0 Å². The predicted octanol–water partition coefficient (Wildman–Crippen LogP) is 3.18. The minimum Gasteiger partial charge on any atom is -0.381 e. The molecule has 0 spiro atoms. The SMILES string of the molecule is O=C(CCCCC1CCOCC1)Cc1cccnc1. The molecule has 1 saturated heterocycles. The van der Waals surface area contributed by atoms with Crippen LogP contribution >= 0.6 is 0 Å². The first-order valence-electron chi connectivity index (χ1n) is 7.33. The molecule has 19 heavy (non-hydrogen) atoms. The summed E-state index contributed by atoms with van der Waals surface area (Å²) in [7, 11) is 0. The molecule has 3 heteroatoms. The smallest absolute Gasteiger partial charge is 0.137 e. The molecule has 1 fully saturated rings. The van der Waals surface area contributed by atoms with Crippen LogP contribution in [0, 0.1) is 5.92 Å². The molecular formula is C16H23NO2. The number of hydrogen-bond donors (Lipinski definition) is 0. The summed E-state index contributed by atoms with van der Waals surface area (Å²) >= 11 is 0. The number of pyridine rings is 1. The fourth-order valence-corrected chi connectivity index (χ4v) is 2.61. The molecule has 0 N–H and O–H groups in total. The Morgan fingerprint density at radius 3 is 2.89 bits per heavy atom. The lowest BCUT2D eigenvalue weighted by Crippen LogP contribution is -2.15. The molecule has 104 valence electrons. The first-order chi connectivity index (χ1) is 9.34. The number of aromatic nitrogens is 1. The molecule has 0 bridgehead atoms. The third-order valence-corrected chi connectivity index (χ3v) is 3.78. The van der Waals surface area contributed by atoms with Crippen molar-refractivity contribution < 1.29 is 9.53 Å². The van der Waals surface area contributed by atoms with Crippen molar-refractivity contribution in [1.29, 1.82) is 0 Å². The Hall–Kier alpha value is -1.22. The highest BCUT2D eigenvalue weighted by Crippen LogP contribution is 2.21. The van der Waals surface area contributed by atoms with Crippen molar-refractivity contribution in [2.75, 3.05) is 13.2 Å². The zero-order chi connectivity index (χ0) is 13.3. The van der Waals surface area contributed by atoms with Gasteiger partial charge in [0.05, 0.1) is 0 Å². The average Bonchev–Trinajstić information content (AvgIpc) is 2.46. The standard InChI is InChI=1S/C16H23NO2/c18-16(12-15-5-3-9-17-13-15)6-2-1-4-14-7-10-19-11-8-14/h3,5,9,13-14H,1-2,4,6-8,10-12H2. The van der Waals surface area contributed by atoms with Crippen LogP contribution in [0.4, 0.5) is 0 Å². The van der Waals surface area contributed by atoms with E-state index in [2.05, 4.69) is 4.98 Å². The highest BCUT2D eigenvalue weighted by molar-refractivity contribution is 5.80. The molecule has 2 heterocycles. The van der Waals surface area contributed by atoms with Gasteiger partial charge in [-0.2, -0.15) is 0 Å². The Morgan fingerprint density at radius 2 is 2.16 bits per heavy atom. The summed E-state index contributed by atoms with van der Waals surface area (Å²) in [5.41, 5.74) is 1.02. The summed E-state index contributed by atoms with van der Waals surface area (Å²) in [6, 6.07) is 3.85. The second kappa shape index (κ2) is 8.05. The molecule has 2 rings (SSSR count). The summed E-state index contributed by atoms with van der Waals surface area (Å²) in [4.78, 5) is 15.8. The molecular weight excluding hydrogens is 238 g/mol. The molecule has 1 aliphatic heterocycles. The Labute approximate surface area is 115 Å². The van der Waals surface area contributed by atoms with Crippen LogP contribution in [0.15, 0.2) is 24.5 Å². The third-order valence-electron chi connectivity index (χ3n) is 3.78. The fourth-order valence-electron chi connectivity index (χ4n) is 2.61. The van der Waals surface area contributed by atoms with Crippen LogP contribution in [0.25, 0.3) is 0 Å². The molecule has 0 unspecified atom stereocenters. The van der Waals surface area contributed by atoms with E-state index in [4.69, 9.17) is 4.74 Å². The van der Waals surface area contributed by atoms with Gasteiger partial charge in [-0.15, -0.1) is 0 Å². The molecule has 1 aromatic rings. The van der Waals surface area contributed by atoms with Crippen molar-refractivity contribution in [3.63, 3.8) is 0 Å². The summed E-state index contributed by atoms with van der Waals surface area (Å²) < 4.78 is 5.35. The normalized spacial score (nSPS) is 16.4. The number of hydrogen-bond acceptors (Lipinski definition) is 3. The summed E-state index contributed by atoms with van der Waals surface area (Å²) in [5.74, 6) is 1.15. The van der Waals surface area contributed by atoms with Crippen LogP contribution in [0.2, 0.25) is 0 Å².